The Morgan fingerprint density at radius 1 is 1.30 bits per heavy atom. The molecule has 0 atom stereocenters. The van der Waals surface area contributed by atoms with Crippen LogP contribution in [0, 0.1) is 13.8 Å². The van der Waals surface area contributed by atoms with Crippen molar-refractivity contribution in [2.75, 3.05) is 0 Å². The molecule has 0 unspecified atom stereocenters. The summed E-state index contributed by atoms with van der Waals surface area (Å²) in [6.45, 7) is 3.63. The largest absolute Gasteiger partial charge is 0.477 e. The Morgan fingerprint density at radius 3 is 2.65 bits per heavy atom. The lowest BCUT2D eigenvalue weighted by molar-refractivity contribution is 0.0701. The number of aryl methyl sites for hydroxylation is 2. The number of pyridine rings is 1. The number of carboxylic acid groups (broad SMARTS) is 1. The van der Waals surface area contributed by atoms with E-state index in [-0.39, 0.29) is 17.3 Å². The zero-order valence-corrected chi connectivity index (χ0v) is 11.8. The van der Waals surface area contributed by atoms with Gasteiger partial charge < -0.3 is 10.4 Å². The average molecular weight is 291 g/mol. The van der Waals surface area contributed by atoms with Crippen molar-refractivity contribution in [3.63, 3.8) is 0 Å². The summed E-state index contributed by atoms with van der Waals surface area (Å²) in [7, 11) is 0. The van der Waals surface area contributed by atoms with E-state index in [1.807, 2.05) is 0 Å². The molecule has 7 heteroatoms. The third-order valence-corrected chi connectivity index (χ3v) is 3.70. The van der Waals surface area contributed by atoms with Crippen molar-refractivity contribution >= 4 is 23.2 Å². The van der Waals surface area contributed by atoms with Crippen molar-refractivity contribution in [2.24, 2.45) is 0 Å². The van der Waals surface area contributed by atoms with Gasteiger partial charge in [0.05, 0.1) is 12.2 Å². The van der Waals surface area contributed by atoms with E-state index in [4.69, 9.17) is 5.11 Å². The number of rotatable bonds is 4. The van der Waals surface area contributed by atoms with E-state index >= 15 is 0 Å². The number of carboxylic acids is 1. The van der Waals surface area contributed by atoms with E-state index in [0.717, 1.165) is 17.0 Å². The van der Waals surface area contributed by atoms with Crippen LogP contribution in [-0.4, -0.2) is 27.0 Å². The number of hydrogen-bond donors (Lipinski definition) is 2. The van der Waals surface area contributed by atoms with Gasteiger partial charge in [-0.25, -0.2) is 14.8 Å². The van der Waals surface area contributed by atoms with E-state index in [1.165, 1.54) is 0 Å². The van der Waals surface area contributed by atoms with Gasteiger partial charge in [0.2, 0.25) is 0 Å². The molecular weight excluding hydrogens is 278 g/mol. The highest BCUT2D eigenvalue weighted by Crippen LogP contribution is 2.17. The summed E-state index contributed by atoms with van der Waals surface area (Å²) in [6.07, 6.45) is 0. The molecule has 0 bridgehead atoms. The standard InChI is InChI=1S/C13H13N3O3S/c1-7-4-3-5-9(15-7)12(17)14-6-10-16-8(2)11(20-10)13(18)19/h3-5H,6H2,1-2H3,(H,14,17)(H,18,19). The molecule has 0 aromatic carbocycles. The van der Waals surface area contributed by atoms with Gasteiger partial charge in [0.1, 0.15) is 15.6 Å². The van der Waals surface area contributed by atoms with Crippen molar-refractivity contribution in [1.82, 2.24) is 15.3 Å². The molecular formula is C13H13N3O3S. The van der Waals surface area contributed by atoms with E-state index < -0.39 is 5.97 Å². The van der Waals surface area contributed by atoms with Crippen molar-refractivity contribution in [3.8, 4) is 0 Å². The normalized spacial score (nSPS) is 10.3. The number of aromatic carboxylic acids is 1. The third kappa shape index (κ3) is 3.18. The van der Waals surface area contributed by atoms with Crippen LogP contribution in [-0.2, 0) is 6.54 Å². The SMILES string of the molecule is Cc1cccc(C(=O)NCc2nc(C)c(C(=O)O)s2)n1. The molecule has 0 saturated heterocycles. The third-order valence-electron chi connectivity index (χ3n) is 2.56. The molecule has 104 valence electrons. The molecule has 6 nitrogen and oxygen atoms in total. The van der Waals surface area contributed by atoms with E-state index in [2.05, 4.69) is 15.3 Å². The fourth-order valence-electron chi connectivity index (χ4n) is 1.64. The molecule has 20 heavy (non-hydrogen) atoms. The van der Waals surface area contributed by atoms with Crippen molar-refractivity contribution in [2.45, 2.75) is 20.4 Å². The van der Waals surface area contributed by atoms with Gasteiger partial charge in [-0.2, -0.15) is 0 Å². The minimum absolute atomic E-state index is 0.188. The average Bonchev–Trinajstić information content (AvgIpc) is 2.77. The van der Waals surface area contributed by atoms with Gasteiger partial charge in [-0.3, -0.25) is 4.79 Å². The Kier molecular flexibility index (Phi) is 4.09. The predicted octanol–water partition coefficient (Wildman–Crippen LogP) is 1.78. The molecule has 2 aromatic heterocycles. The summed E-state index contributed by atoms with van der Waals surface area (Å²) in [5.74, 6) is -1.31. The first-order chi connectivity index (χ1) is 9.47. The first kappa shape index (κ1) is 14.1. The van der Waals surface area contributed by atoms with Gasteiger partial charge in [-0.05, 0) is 26.0 Å². The summed E-state index contributed by atoms with van der Waals surface area (Å²) >= 11 is 1.06. The molecule has 0 saturated carbocycles. The predicted molar refractivity (Wildman–Crippen MR) is 74.0 cm³/mol. The first-order valence-electron chi connectivity index (χ1n) is 5.89. The number of nitrogens with one attached hydrogen (secondary N) is 1. The minimum Gasteiger partial charge on any atom is -0.477 e. The van der Waals surface area contributed by atoms with Crippen LogP contribution in [0.15, 0.2) is 18.2 Å². The van der Waals surface area contributed by atoms with Crippen LogP contribution < -0.4 is 5.32 Å². The molecule has 0 spiro atoms. The second-order valence-corrected chi connectivity index (χ2v) is 5.26. The monoisotopic (exact) mass is 291 g/mol. The molecule has 2 rings (SSSR count). The molecule has 0 aliphatic rings. The zero-order chi connectivity index (χ0) is 14.7. The lowest BCUT2D eigenvalue weighted by Gasteiger charge is -2.02. The van der Waals surface area contributed by atoms with Gasteiger partial charge in [0.25, 0.3) is 5.91 Å². The maximum absolute atomic E-state index is 11.9. The minimum atomic E-state index is -1.00. The number of hydrogen-bond acceptors (Lipinski definition) is 5. The van der Waals surface area contributed by atoms with Crippen LogP contribution >= 0.6 is 11.3 Å². The Balaban J connectivity index is 2.04. The number of carbonyl (C=O) groups is 2. The summed E-state index contributed by atoms with van der Waals surface area (Å²) in [5, 5.41) is 12.2. The summed E-state index contributed by atoms with van der Waals surface area (Å²) in [4.78, 5) is 31.2. The zero-order valence-electron chi connectivity index (χ0n) is 11.0. The summed E-state index contributed by atoms with van der Waals surface area (Å²) in [5.41, 5.74) is 1.55. The molecule has 1 amide bonds. The maximum atomic E-state index is 11.9. The van der Waals surface area contributed by atoms with Gasteiger partial charge in [-0.15, -0.1) is 11.3 Å². The lowest BCUT2D eigenvalue weighted by atomic mass is 10.3. The fraction of sp³-hybridized carbons (Fsp3) is 0.231. The van der Waals surface area contributed by atoms with Crippen LogP contribution in [0.1, 0.15) is 36.6 Å². The highest BCUT2D eigenvalue weighted by Gasteiger charge is 2.14. The number of amides is 1. The van der Waals surface area contributed by atoms with Gasteiger partial charge in [-0.1, -0.05) is 6.07 Å². The highest BCUT2D eigenvalue weighted by molar-refractivity contribution is 7.13. The Morgan fingerprint density at radius 2 is 2.05 bits per heavy atom. The van der Waals surface area contributed by atoms with Crippen LogP contribution in [0.2, 0.25) is 0 Å². The van der Waals surface area contributed by atoms with Gasteiger partial charge >= 0.3 is 5.97 Å². The summed E-state index contributed by atoms with van der Waals surface area (Å²) < 4.78 is 0. The first-order valence-corrected chi connectivity index (χ1v) is 6.70. The molecule has 0 radical (unpaired) electrons. The van der Waals surface area contributed by atoms with E-state index in [0.29, 0.717) is 16.4 Å². The molecule has 2 aromatic rings. The van der Waals surface area contributed by atoms with Crippen molar-refractivity contribution in [1.29, 1.82) is 0 Å². The number of thiazole rings is 1. The van der Waals surface area contributed by atoms with Gasteiger partial charge in [0.15, 0.2) is 0 Å². The van der Waals surface area contributed by atoms with Crippen LogP contribution in [0.4, 0.5) is 0 Å². The summed E-state index contributed by atoms with van der Waals surface area (Å²) in [6, 6.07) is 5.19. The Hall–Kier alpha value is -2.28. The van der Waals surface area contributed by atoms with E-state index in [9.17, 15) is 9.59 Å². The second-order valence-electron chi connectivity index (χ2n) is 4.17. The topological polar surface area (TPSA) is 92.2 Å². The lowest BCUT2D eigenvalue weighted by Crippen LogP contribution is -2.23. The number of carbonyl (C=O) groups excluding carboxylic acids is 1. The molecule has 0 aliphatic heterocycles. The van der Waals surface area contributed by atoms with Gasteiger partial charge in [0, 0.05) is 5.69 Å². The number of nitrogens with zero attached hydrogens (tertiary/aromatic N) is 2. The smallest absolute Gasteiger partial charge is 0.347 e. The van der Waals surface area contributed by atoms with Crippen LogP contribution in [0.25, 0.3) is 0 Å². The molecule has 0 aliphatic carbocycles. The van der Waals surface area contributed by atoms with Crippen LogP contribution in [0.5, 0.6) is 0 Å². The van der Waals surface area contributed by atoms with Crippen LogP contribution in [0.3, 0.4) is 0 Å². The van der Waals surface area contributed by atoms with Crippen molar-refractivity contribution in [3.05, 3.63) is 45.2 Å². The highest BCUT2D eigenvalue weighted by atomic mass is 32.1. The quantitative estimate of drug-likeness (QED) is 0.895. The maximum Gasteiger partial charge on any atom is 0.347 e. The number of aromatic nitrogens is 2. The molecule has 2 N–H and O–H groups in total. The Bertz CT molecular complexity index is 667. The molecule has 2 heterocycles. The fourth-order valence-corrected chi connectivity index (χ4v) is 2.49. The van der Waals surface area contributed by atoms with E-state index in [1.54, 1.807) is 32.0 Å². The molecule has 0 fully saturated rings. The van der Waals surface area contributed by atoms with Crippen molar-refractivity contribution < 1.29 is 14.7 Å². The second kappa shape index (κ2) is 5.79. The Labute approximate surface area is 119 Å².